The molecule has 19 heavy (non-hydrogen) atoms. The van der Waals surface area contributed by atoms with E-state index in [4.69, 9.17) is 5.73 Å². The highest BCUT2D eigenvalue weighted by molar-refractivity contribution is 7.89. The number of hydrogen-bond acceptors (Lipinski definition) is 4. The summed E-state index contributed by atoms with van der Waals surface area (Å²) < 4.78 is 27.0. The van der Waals surface area contributed by atoms with Crippen LogP contribution < -0.4 is 10.5 Å². The molecule has 0 radical (unpaired) electrons. The largest absolute Gasteiger partial charge is 0.326 e. The van der Waals surface area contributed by atoms with E-state index in [0.29, 0.717) is 23.9 Å². The lowest BCUT2D eigenvalue weighted by Gasteiger charge is -2.26. The van der Waals surface area contributed by atoms with Gasteiger partial charge < -0.3 is 5.73 Å². The fourth-order valence-electron chi connectivity index (χ4n) is 2.45. The minimum absolute atomic E-state index is 0.349. The Morgan fingerprint density at radius 1 is 1.37 bits per heavy atom. The third-order valence-corrected chi connectivity index (χ3v) is 6.35. The van der Waals surface area contributed by atoms with Crippen LogP contribution in [0.4, 0.5) is 0 Å². The first-order valence-electron chi connectivity index (χ1n) is 6.78. The fraction of sp³-hybridized carbons (Fsp3) is 0.692. The van der Waals surface area contributed by atoms with Crippen molar-refractivity contribution < 1.29 is 8.42 Å². The Kier molecular flexibility index (Phi) is 5.00. The van der Waals surface area contributed by atoms with Crippen LogP contribution in [0.15, 0.2) is 16.3 Å². The van der Waals surface area contributed by atoms with Crippen molar-refractivity contribution in [3.8, 4) is 0 Å². The maximum absolute atomic E-state index is 12.1. The Bertz CT molecular complexity index is 502. The fourth-order valence-corrected chi connectivity index (χ4v) is 4.72. The summed E-state index contributed by atoms with van der Waals surface area (Å²) in [6.07, 6.45) is 4.67. The topological polar surface area (TPSA) is 72.2 Å². The number of thiophene rings is 1. The third kappa shape index (κ3) is 4.02. The van der Waals surface area contributed by atoms with Crippen molar-refractivity contribution in [1.82, 2.24) is 4.72 Å². The second kappa shape index (κ2) is 6.35. The maximum Gasteiger partial charge on any atom is 0.241 e. The molecule has 1 aromatic rings. The molecule has 1 aliphatic rings. The normalized spacial score (nSPS) is 24.5. The highest BCUT2D eigenvalue weighted by Crippen LogP contribution is 2.28. The first-order chi connectivity index (χ1) is 9.01. The molecular weight excluding hydrogens is 280 g/mol. The summed E-state index contributed by atoms with van der Waals surface area (Å²) in [6.45, 7) is 3.21. The van der Waals surface area contributed by atoms with Gasteiger partial charge in [-0.1, -0.05) is 19.8 Å². The van der Waals surface area contributed by atoms with Crippen LogP contribution in [0.3, 0.4) is 0 Å². The zero-order valence-electron chi connectivity index (χ0n) is 11.3. The third-order valence-electron chi connectivity index (χ3n) is 3.84. The molecule has 2 rings (SSSR count). The maximum atomic E-state index is 12.1. The Morgan fingerprint density at radius 3 is 2.63 bits per heavy atom. The standard InChI is InChI=1S/C13H22N2O2S2/c1-10-2-4-11(5-3-10)8-15-19(16,17)13-6-12(7-14)18-9-13/h6,9-11,15H,2-5,7-8,14H2,1H3. The zero-order valence-corrected chi connectivity index (χ0v) is 12.9. The van der Waals surface area contributed by atoms with Crippen LogP contribution >= 0.6 is 11.3 Å². The minimum Gasteiger partial charge on any atom is -0.326 e. The summed E-state index contributed by atoms with van der Waals surface area (Å²) in [5, 5.41) is 1.66. The van der Waals surface area contributed by atoms with Gasteiger partial charge in [0.2, 0.25) is 10.0 Å². The van der Waals surface area contributed by atoms with E-state index in [9.17, 15) is 8.42 Å². The van der Waals surface area contributed by atoms with Crippen molar-refractivity contribution in [2.24, 2.45) is 17.6 Å². The van der Waals surface area contributed by atoms with E-state index in [1.807, 2.05) is 0 Å². The number of sulfonamides is 1. The number of hydrogen-bond donors (Lipinski definition) is 2. The van der Waals surface area contributed by atoms with Gasteiger partial charge in [-0.25, -0.2) is 13.1 Å². The van der Waals surface area contributed by atoms with Gasteiger partial charge in [-0.3, -0.25) is 0 Å². The van der Waals surface area contributed by atoms with Crippen LogP contribution in [0, 0.1) is 11.8 Å². The predicted molar refractivity (Wildman–Crippen MR) is 78.5 cm³/mol. The molecule has 0 atom stereocenters. The average molecular weight is 302 g/mol. The quantitative estimate of drug-likeness (QED) is 0.876. The molecule has 0 bridgehead atoms. The van der Waals surface area contributed by atoms with Crippen LogP contribution in [0.2, 0.25) is 0 Å². The van der Waals surface area contributed by atoms with E-state index in [0.717, 1.165) is 23.6 Å². The van der Waals surface area contributed by atoms with Crippen molar-refractivity contribution in [2.45, 2.75) is 44.0 Å². The second-order valence-corrected chi connectivity index (χ2v) is 8.19. The number of nitrogens with one attached hydrogen (secondary N) is 1. The van der Waals surface area contributed by atoms with E-state index in [-0.39, 0.29) is 0 Å². The molecule has 0 saturated heterocycles. The molecule has 1 aliphatic carbocycles. The molecule has 0 spiro atoms. The SMILES string of the molecule is CC1CCC(CNS(=O)(=O)c2csc(CN)c2)CC1. The highest BCUT2D eigenvalue weighted by atomic mass is 32.2. The summed E-state index contributed by atoms with van der Waals surface area (Å²) in [6, 6.07) is 1.66. The Labute approximate surface area is 119 Å². The van der Waals surface area contributed by atoms with Gasteiger partial charge in [0.05, 0.1) is 4.90 Å². The lowest BCUT2D eigenvalue weighted by atomic mass is 9.83. The van der Waals surface area contributed by atoms with Gasteiger partial charge in [0.15, 0.2) is 0 Å². The van der Waals surface area contributed by atoms with Crippen LogP contribution in [0.25, 0.3) is 0 Å². The van der Waals surface area contributed by atoms with E-state index in [1.165, 1.54) is 24.2 Å². The number of nitrogens with two attached hydrogens (primary N) is 1. The molecular formula is C13H22N2O2S2. The van der Waals surface area contributed by atoms with Gasteiger partial charge in [0.1, 0.15) is 0 Å². The van der Waals surface area contributed by atoms with Crippen LogP contribution in [-0.4, -0.2) is 15.0 Å². The van der Waals surface area contributed by atoms with Gasteiger partial charge >= 0.3 is 0 Å². The molecule has 6 heteroatoms. The molecule has 108 valence electrons. The molecule has 1 saturated carbocycles. The number of rotatable bonds is 5. The van der Waals surface area contributed by atoms with Crippen molar-refractivity contribution >= 4 is 21.4 Å². The Balaban J connectivity index is 1.90. The van der Waals surface area contributed by atoms with Crippen LogP contribution in [-0.2, 0) is 16.6 Å². The van der Waals surface area contributed by atoms with Gasteiger partial charge in [0, 0.05) is 23.3 Å². The Hall–Kier alpha value is -0.430. The van der Waals surface area contributed by atoms with Gasteiger partial charge in [-0.15, -0.1) is 11.3 Å². The summed E-state index contributed by atoms with van der Waals surface area (Å²) in [4.78, 5) is 1.24. The monoisotopic (exact) mass is 302 g/mol. The van der Waals surface area contributed by atoms with Crippen LogP contribution in [0.1, 0.15) is 37.5 Å². The van der Waals surface area contributed by atoms with Gasteiger partial charge in [0.25, 0.3) is 0 Å². The molecule has 1 aromatic heterocycles. The molecule has 1 heterocycles. The highest BCUT2D eigenvalue weighted by Gasteiger charge is 2.21. The van der Waals surface area contributed by atoms with Crippen molar-refractivity contribution in [1.29, 1.82) is 0 Å². The summed E-state index contributed by atoms with van der Waals surface area (Å²) in [7, 11) is -3.36. The molecule has 0 aromatic carbocycles. The minimum atomic E-state index is -3.36. The van der Waals surface area contributed by atoms with Gasteiger partial charge in [-0.2, -0.15) is 0 Å². The first-order valence-corrected chi connectivity index (χ1v) is 9.14. The van der Waals surface area contributed by atoms with Crippen LogP contribution in [0.5, 0.6) is 0 Å². The van der Waals surface area contributed by atoms with E-state index in [1.54, 1.807) is 11.4 Å². The molecule has 1 fully saturated rings. The molecule has 0 amide bonds. The summed E-state index contributed by atoms with van der Waals surface area (Å²) in [5.41, 5.74) is 5.51. The summed E-state index contributed by atoms with van der Waals surface area (Å²) in [5.74, 6) is 1.27. The van der Waals surface area contributed by atoms with E-state index in [2.05, 4.69) is 11.6 Å². The van der Waals surface area contributed by atoms with Gasteiger partial charge in [-0.05, 0) is 30.7 Å². The summed E-state index contributed by atoms with van der Waals surface area (Å²) >= 11 is 1.39. The molecule has 0 unspecified atom stereocenters. The zero-order chi connectivity index (χ0) is 13.9. The van der Waals surface area contributed by atoms with Crippen molar-refractivity contribution in [3.05, 3.63) is 16.3 Å². The van der Waals surface area contributed by atoms with Crippen molar-refractivity contribution in [2.75, 3.05) is 6.54 Å². The molecule has 0 aliphatic heterocycles. The smallest absolute Gasteiger partial charge is 0.241 e. The van der Waals surface area contributed by atoms with Crippen molar-refractivity contribution in [3.63, 3.8) is 0 Å². The van der Waals surface area contributed by atoms with E-state index < -0.39 is 10.0 Å². The molecule has 4 nitrogen and oxygen atoms in total. The lowest BCUT2D eigenvalue weighted by molar-refractivity contribution is 0.290. The molecule has 3 N–H and O–H groups in total. The average Bonchev–Trinajstić information content (AvgIpc) is 2.88. The Morgan fingerprint density at radius 2 is 2.05 bits per heavy atom. The predicted octanol–water partition coefficient (Wildman–Crippen LogP) is 2.31. The second-order valence-electron chi connectivity index (χ2n) is 5.43. The first kappa shape index (κ1) is 15.0. The lowest BCUT2D eigenvalue weighted by Crippen LogP contribution is -2.31. The van der Waals surface area contributed by atoms with E-state index >= 15 is 0 Å².